The number of rotatable bonds is 6. The van der Waals surface area contributed by atoms with E-state index in [1.807, 2.05) is 38.1 Å². The second kappa shape index (κ2) is 6.87. The van der Waals surface area contributed by atoms with Gasteiger partial charge < -0.3 is 9.47 Å². The summed E-state index contributed by atoms with van der Waals surface area (Å²) in [6.07, 6.45) is 4.64. The Labute approximate surface area is 141 Å². The summed E-state index contributed by atoms with van der Waals surface area (Å²) in [4.78, 5) is 24.4. The predicted molar refractivity (Wildman–Crippen MR) is 93.9 cm³/mol. The number of ketones is 2. The molecule has 1 aliphatic carbocycles. The van der Waals surface area contributed by atoms with Crippen LogP contribution in [0.1, 0.15) is 42.6 Å². The van der Waals surface area contributed by atoms with E-state index in [0.29, 0.717) is 35.8 Å². The molecule has 0 unspecified atom stereocenters. The lowest BCUT2D eigenvalue weighted by molar-refractivity contribution is -0.110. The number of Topliss-reactive ketones (excluding diaryl/α,β-unsaturated/α-hetero) is 1. The maximum Gasteiger partial charge on any atom is 0.237 e. The number of ether oxygens (including phenoxy) is 2. The van der Waals surface area contributed by atoms with Gasteiger partial charge in [-0.25, -0.2) is 0 Å². The van der Waals surface area contributed by atoms with Crippen LogP contribution in [0.5, 0.6) is 11.5 Å². The number of hydrogen-bond acceptors (Lipinski definition) is 4. The molecule has 0 fully saturated rings. The van der Waals surface area contributed by atoms with Crippen LogP contribution in [0, 0.1) is 0 Å². The molecule has 0 radical (unpaired) electrons. The minimum atomic E-state index is -0.536. The third-order valence-electron chi connectivity index (χ3n) is 3.91. The maximum absolute atomic E-state index is 12.5. The Balaban J connectivity index is 2.34. The number of fused-ring (bicyclic) bond motifs is 2. The highest BCUT2D eigenvalue weighted by Crippen LogP contribution is 2.43. The number of allylic oxidation sites excluding steroid dienone is 1. The Morgan fingerprint density at radius 3 is 2.04 bits per heavy atom. The van der Waals surface area contributed by atoms with Gasteiger partial charge in [0.25, 0.3) is 0 Å². The van der Waals surface area contributed by atoms with Crippen molar-refractivity contribution in [3.8, 4) is 11.5 Å². The average molecular weight is 324 g/mol. The Hall–Kier alpha value is -2.62. The van der Waals surface area contributed by atoms with E-state index < -0.39 is 11.6 Å². The lowest BCUT2D eigenvalue weighted by atomic mass is 9.90. The van der Waals surface area contributed by atoms with Crippen molar-refractivity contribution in [1.82, 2.24) is 0 Å². The third-order valence-corrected chi connectivity index (χ3v) is 3.91. The first-order chi connectivity index (χ1) is 11.7. The zero-order valence-corrected chi connectivity index (χ0v) is 13.9. The van der Waals surface area contributed by atoms with Crippen molar-refractivity contribution in [2.24, 2.45) is 0 Å². The van der Waals surface area contributed by atoms with Crippen LogP contribution >= 0.6 is 0 Å². The highest BCUT2D eigenvalue weighted by molar-refractivity contribution is 6.51. The molecular formula is C20H20O4. The van der Waals surface area contributed by atoms with Gasteiger partial charge in [0.2, 0.25) is 11.6 Å². The van der Waals surface area contributed by atoms with Crippen molar-refractivity contribution >= 4 is 28.4 Å². The zero-order valence-electron chi connectivity index (χ0n) is 13.9. The molecule has 0 bridgehead atoms. The van der Waals surface area contributed by atoms with Crippen LogP contribution in [0.15, 0.2) is 30.3 Å². The van der Waals surface area contributed by atoms with E-state index in [4.69, 9.17) is 9.47 Å². The van der Waals surface area contributed by atoms with Gasteiger partial charge >= 0.3 is 0 Å². The van der Waals surface area contributed by atoms with Gasteiger partial charge in [0.1, 0.15) is 11.5 Å². The summed E-state index contributed by atoms with van der Waals surface area (Å²) >= 11 is 0. The molecular weight excluding hydrogens is 304 g/mol. The molecule has 0 aliphatic heterocycles. The number of carbonyl (C=O) groups excluding carboxylic acids is 2. The average Bonchev–Trinajstić information content (AvgIpc) is 2.61. The van der Waals surface area contributed by atoms with Crippen molar-refractivity contribution in [2.45, 2.75) is 26.7 Å². The van der Waals surface area contributed by atoms with Gasteiger partial charge in [-0.3, -0.25) is 9.59 Å². The molecule has 24 heavy (non-hydrogen) atoms. The fourth-order valence-corrected chi connectivity index (χ4v) is 2.85. The van der Waals surface area contributed by atoms with Crippen molar-refractivity contribution in [2.75, 3.05) is 13.2 Å². The minimum absolute atomic E-state index is 0.320. The summed E-state index contributed by atoms with van der Waals surface area (Å²) in [6.45, 7) is 5.05. The molecule has 2 aromatic rings. The number of carbonyl (C=O) groups is 2. The van der Waals surface area contributed by atoms with Gasteiger partial charge in [-0.15, -0.1) is 0 Å². The lowest BCUT2D eigenvalue weighted by Gasteiger charge is -2.21. The highest BCUT2D eigenvalue weighted by Gasteiger charge is 2.30. The van der Waals surface area contributed by atoms with E-state index in [-0.39, 0.29) is 0 Å². The Bertz CT molecular complexity index is 833. The van der Waals surface area contributed by atoms with E-state index in [9.17, 15) is 9.59 Å². The molecule has 0 spiro atoms. The molecule has 4 heteroatoms. The van der Waals surface area contributed by atoms with Crippen LogP contribution in [0.2, 0.25) is 0 Å². The van der Waals surface area contributed by atoms with Crippen molar-refractivity contribution in [3.05, 3.63) is 41.5 Å². The summed E-state index contributed by atoms with van der Waals surface area (Å²) in [5.74, 6) is 0.0590. The molecule has 4 nitrogen and oxygen atoms in total. The molecule has 0 N–H and O–H groups in total. The first-order valence-electron chi connectivity index (χ1n) is 8.30. The summed E-state index contributed by atoms with van der Waals surface area (Å²) in [5.41, 5.74) is 0.957. The Kier molecular flexibility index (Phi) is 4.65. The quantitative estimate of drug-likeness (QED) is 0.747. The largest absolute Gasteiger partial charge is 0.492 e. The molecule has 2 aromatic carbocycles. The van der Waals surface area contributed by atoms with Crippen LogP contribution in [-0.2, 0) is 4.79 Å². The van der Waals surface area contributed by atoms with E-state index in [2.05, 4.69) is 0 Å². The summed E-state index contributed by atoms with van der Waals surface area (Å²) in [5, 5.41) is 1.69. The van der Waals surface area contributed by atoms with Crippen molar-refractivity contribution in [1.29, 1.82) is 0 Å². The molecule has 0 amide bonds. The normalized spacial score (nSPS) is 13.2. The zero-order chi connectivity index (χ0) is 17.1. The molecule has 3 rings (SSSR count). The van der Waals surface area contributed by atoms with Crippen molar-refractivity contribution in [3.63, 3.8) is 0 Å². The second-order valence-electron chi connectivity index (χ2n) is 5.72. The van der Waals surface area contributed by atoms with Gasteiger partial charge in [0.05, 0.1) is 18.8 Å². The monoisotopic (exact) mass is 324 g/mol. The highest BCUT2D eigenvalue weighted by atomic mass is 16.5. The van der Waals surface area contributed by atoms with E-state index in [1.54, 1.807) is 6.08 Å². The third kappa shape index (κ3) is 2.68. The summed E-state index contributed by atoms with van der Waals surface area (Å²) in [7, 11) is 0. The smallest absolute Gasteiger partial charge is 0.237 e. The minimum Gasteiger partial charge on any atom is -0.492 e. The fourth-order valence-electron chi connectivity index (χ4n) is 2.85. The van der Waals surface area contributed by atoms with Gasteiger partial charge in [0, 0.05) is 16.3 Å². The number of benzene rings is 2. The SMILES string of the molecule is CCCOc1c2c(c(OCCC)c3ccccc13)C(=O)C(=O)C=C2. The van der Waals surface area contributed by atoms with Crippen LogP contribution < -0.4 is 9.47 Å². The van der Waals surface area contributed by atoms with Gasteiger partial charge in [0.15, 0.2) is 0 Å². The summed E-state index contributed by atoms with van der Waals surface area (Å²) in [6, 6.07) is 7.67. The Morgan fingerprint density at radius 2 is 1.42 bits per heavy atom. The fraction of sp³-hybridized carbons (Fsp3) is 0.300. The van der Waals surface area contributed by atoms with E-state index in [0.717, 1.165) is 23.6 Å². The first kappa shape index (κ1) is 16.2. The van der Waals surface area contributed by atoms with E-state index in [1.165, 1.54) is 6.08 Å². The van der Waals surface area contributed by atoms with Gasteiger partial charge in [-0.1, -0.05) is 38.1 Å². The second-order valence-corrected chi connectivity index (χ2v) is 5.72. The van der Waals surface area contributed by atoms with Crippen LogP contribution in [-0.4, -0.2) is 24.8 Å². The maximum atomic E-state index is 12.5. The number of hydrogen-bond donors (Lipinski definition) is 0. The molecule has 0 atom stereocenters. The van der Waals surface area contributed by atoms with Gasteiger partial charge in [-0.2, -0.15) is 0 Å². The van der Waals surface area contributed by atoms with Crippen LogP contribution in [0.4, 0.5) is 0 Å². The molecule has 0 saturated heterocycles. The first-order valence-corrected chi connectivity index (χ1v) is 8.30. The molecule has 0 aromatic heterocycles. The molecule has 0 saturated carbocycles. The van der Waals surface area contributed by atoms with Crippen LogP contribution in [0.25, 0.3) is 16.8 Å². The molecule has 1 aliphatic rings. The predicted octanol–water partition coefficient (Wildman–Crippen LogP) is 4.20. The summed E-state index contributed by atoms with van der Waals surface area (Å²) < 4.78 is 11.8. The molecule has 0 heterocycles. The Morgan fingerprint density at radius 1 is 0.833 bits per heavy atom. The van der Waals surface area contributed by atoms with Crippen LogP contribution in [0.3, 0.4) is 0 Å². The topological polar surface area (TPSA) is 52.6 Å². The van der Waals surface area contributed by atoms with E-state index >= 15 is 0 Å². The standard InChI is InChI=1S/C20H20O4/c1-3-11-23-19-13-7-5-6-8-14(13)20(24-12-4-2)17-15(19)9-10-16(21)18(17)22/h5-10H,3-4,11-12H2,1-2H3. The van der Waals surface area contributed by atoms with Gasteiger partial charge in [-0.05, 0) is 25.0 Å². The lowest BCUT2D eigenvalue weighted by Crippen LogP contribution is -2.19. The molecule has 124 valence electrons. The van der Waals surface area contributed by atoms with Crippen molar-refractivity contribution < 1.29 is 19.1 Å².